The van der Waals surface area contributed by atoms with Crippen molar-refractivity contribution in [2.24, 2.45) is 0 Å². The van der Waals surface area contributed by atoms with Crippen LogP contribution in [-0.4, -0.2) is 39.0 Å². The van der Waals surface area contributed by atoms with Crippen LogP contribution in [0.1, 0.15) is 74.0 Å². The van der Waals surface area contributed by atoms with Gasteiger partial charge in [-0.15, -0.1) is 11.8 Å². The zero-order valence-electron chi connectivity index (χ0n) is 22.9. The molecule has 3 aromatic rings. The van der Waals surface area contributed by atoms with Crippen molar-refractivity contribution in [3.05, 3.63) is 89.6 Å². The second-order valence-corrected chi connectivity index (χ2v) is 11.0. The van der Waals surface area contributed by atoms with Crippen molar-refractivity contribution in [1.29, 1.82) is 0 Å². The Morgan fingerprint density at radius 1 is 0.902 bits per heavy atom. The Kier molecular flexibility index (Phi) is 12.1. The summed E-state index contributed by atoms with van der Waals surface area (Å²) in [4.78, 5) is 28.0. The van der Waals surface area contributed by atoms with E-state index in [2.05, 4.69) is 10.3 Å². The second kappa shape index (κ2) is 16.2. The molecule has 2 amide bonds. The number of unbranched alkanes of at least 4 members (excludes halogenated alkanes) is 3. The smallest absolute Gasteiger partial charge is 0.243 e. The van der Waals surface area contributed by atoms with Crippen LogP contribution in [0.2, 0.25) is 0 Å². The first-order chi connectivity index (χ1) is 20.0. The SMILES string of the molecule is O=C(CCCCCCC(=O)Nc1cccc([C@@H]2O[C@H](CSc3ccccn3)C[C@H](c3ccc(CO)cc3)O2)c1)NO. The summed E-state index contributed by atoms with van der Waals surface area (Å²) in [5.41, 5.74) is 4.98. The monoisotopic (exact) mass is 579 g/mol. The lowest BCUT2D eigenvalue weighted by Crippen LogP contribution is -2.31. The molecule has 1 aliphatic heterocycles. The molecule has 10 heteroatoms. The number of rotatable bonds is 14. The molecule has 2 aromatic carbocycles. The molecular weight excluding hydrogens is 542 g/mol. The van der Waals surface area contributed by atoms with Gasteiger partial charge in [-0.2, -0.15) is 0 Å². The van der Waals surface area contributed by atoms with Crippen LogP contribution in [0, 0.1) is 0 Å². The minimum Gasteiger partial charge on any atom is -0.392 e. The molecule has 0 radical (unpaired) electrons. The molecule has 3 atom stereocenters. The minimum atomic E-state index is -0.617. The van der Waals surface area contributed by atoms with E-state index >= 15 is 0 Å². The van der Waals surface area contributed by atoms with Crippen LogP contribution in [0.3, 0.4) is 0 Å². The normalized spacial score (nSPS) is 18.5. The summed E-state index contributed by atoms with van der Waals surface area (Å²) in [7, 11) is 0. The van der Waals surface area contributed by atoms with Gasteiger partial charge in [0, 0.05) is 42.5 Å². The van der Waals surface area contributed by atoms with Crippen molar-refractivity contribution in [2.45, 2.75) is 75.1 Å². The van der Waals surface area contributed by atoms with Crippen LogP contribution in [0.4, 0.5) is 5.69 Å². The summed E-state index contributed by atoms with van der Waals surface area (Å²) in [6.45, 7) is -0.0112. The van der Waals surface area contributed by atoms with Gasteiger partial charge in [0.25, 0.3) is 0 Å². The fraction of sp³-hybridized carbons (Fsp3) is 0.387. The van der Waals surface area contributed by atoms with Gasteiger partial charge in [0.05, 0.1) is 23.8 Å². The highest BCUT2D eigenvalue weighted by molar-refractivity contribution is 7.99. The fourth-order valence-corrected chi connectivity index (χ4v) is 5.48. The van der Waals surface area contributed by atoms with Crippen molar-refractivity contribution in [1.82, 2.24) is 10.5 Å². The highest BCUT2D eigenvalue weighted by Gasteiger charge is 2.32. The molecule has 0 aliphatic carbocycles. The Morgan fingerprint density at radius 3 is 2.39 bits per heavy atom. The minimum absolute atomic E-state index is 0.0112. The lowest BCUT2D eigenvalue weighted by molar-refractivity contribution is -0.245. The molecule has 0 spiro atoms. The number of pyridine rings is 1. The third-order valence-corrected chi connectivity index (χ3v) is 7.87. The molecule has 218 valence electrons. The zero-order valence-corrected chi connectivity index (χ0v) is 23.7. The number of aromatic nitrogens is 1. The van der Waals surface area contributed by atoms with Crippen molar-refractivity contribution >= 4 is 29.3 Å². The average Bonchev–Trinajstić information content (AvgIpc) is 3.02. The van der Waals surface area contributed by atoms with Crippen LogP contribution in [0.25, 0.3) is 0 Å². The summed E-state index contributed by atoms with van der Waals surface area (Å²) in [5.74, 6) is 0.244. The number of amides is 2. The average molecular weight is 580 g/mol. The first-order valence-corrected chi connectivity index (χ1v) is 14.9. The lowest BCUT2D eigenvalue weighted by Gasteiger charge is -2.36. The number of carbonyl (C=O) groups is 2. The van der Waals surface area contributed by atoms with Crippen LogP contribution in [0.5, 0.6) is 0 Å². The summed E-state index contributed by atoms with van der Waals surface area (Å²) < 4.78 is 12.8. The van der Waals surface area contributed by atoms with Crippen molar-refractivity contribution in [3.63, 3.8) is 0 Å². The Bertz CT molecular complexity index is 1240. The third-order valence-electron chi connectivity index (χ3n) is 6.79. The van der Waals surface area contributed by atoms with Crippen LogP contribution >= 0.6 is 11.8 Å². The quantitative estimate of drug-likeness (QED) is 0.0829. The molecule has 0 unspecified atom stereocenters. The number of nitrogens with zero attached hydrogens (tertiary/aromatic N) is 1. The lowest BCUT2D eigenvalue weighted by atomic mass is 10.0. The van der Waals surface area contributed by atoms with Crippen LogP contribution < -0.4 is 10.8 Å². The summed E-state index contributed by atoms with van der Waals surface area (Å²) in [6.07, 6.45) is 5.24. The number of nitrogens with one attached hydrogen (secondary N) is 2. The predicted octanol–water partition coefficient (Wildman–Crippen LogP) is 5.70. The van der Waals surface area contributed by atoms with E-state index in [9.17, 15) is 14.7 Å². The van der Waals surface area contributed by atoms with E-state index in [1.54, 1.807) is 23.4 Å². The van der Waals surface area contributed by atoms with E-state index in [-0.39, 0.29) is 31.1 Å². The zero-order chi connectivity index (χ0) is 28.9. The van der Waals surface area contributed by atoms with Gasteiger partial charge in [-0.25, -0.2) is 10.5 Å². The largest absolute Gasteiger partial charge is 0.392 e. The van der Waals surface area contributed by atoms with Gasteiger partial charge < -0.3 is 19.9 Å². The Morgan fingerprint density at radius 2 is 1.68 bits per heavy atom. The van der Waals surface area contributed by atoms with E-state index in [4.69, 9.17) is 14.7 Å². The molecule has 1 saturated heterocycles. The molecule has 9 nitrogen and oxygen atoms in total. The predicted molar refractivity (Wildman–Crippen MR) is 156 cm³/mol. The molecule has 2 heterocycles. The van der Waals surface area contributed by atoms with E-state index < -0.39 is 12.2 Å². The van der Waals surface area contributed by atoms with Gasteiger partial charge in [-0.05, 0) is 48.2 Å². The third kappa shape index (κ3) is 9.94. The van der Waals surface area contributed by atoms with Gasteiger partial charge >= 0.3 is 0 Å². The number of hydrogen-bond donors (Lipinski definition) is 4. The first kappa shape index (κ1) is 30.7. The van der Waals surface area contributed by atoms with Crippen molar-refractivity contribution < 1.29 is 29.4 Å². The number of benzene rings is 2. The summed E-state index contributed by atoms with van der Waals surface area (Å²) in [5, 5.41) is 21.9. The Hall–Kier alpha value is -3.28. The second-order valence-electron chi connectivity index (χ2n) is 9.95. The van der Waals surface area contributed by atoms with Crippen LogP contribution in [0.15, 0.2) is 78.0 Å². The van der Waals surface area contributed by atoms with Crippen LogP contribution in [-0.2, 0) is 25.7 Å². The molecule has 41 heavy (non-hydrogen) atoms. The number of aliphatic hydroxyl groups excluding tert-OH is 1. The molecule has 1 aliphatic rings. The van der Waals surface area contributed by atoms with Gasteiger partial charge in [-0.1, -0.05) is 55.3 Å². The molecule has 0 bridgehead atoms. The fourth-order valence-electron chi connectivity index (χ4n) is 4.60. The topological polar surface area (TPSA) is 130 Å². The molecule has 4 rings (SSSR count). The van der Waals surface area contributed by atoms with Gasteiger partial charge in [0.2, 0.25) is 11.8 Å². The van der Waals surface area contributed by atoms with E-state index in [1.807, 2.05) is 66.7 Å². The number of carbonyl (C=O) groups excluding carboxylic acids is 2. The number of ether oxygens (including phenoxy) is 2. The summed E-state index contributed by atoms with van der Waals surface area (Å²) in [6, 6.07) is 21.2. The maximum atomic E-state index is 12.6. The highest BCUT2D eigenvalue weighted by atomic mass is 32.2. The molecular formula is C31H37N3O6S. The van der Waals surface area contributed by atoms with Crippen molar-refractivity contribution in [3.8, 4) is 0 Å². The van der Waals surface area contributed by atoms with Crippen molar-refractivity contribution in [2.75, 3.05) is 11.1 Å². The number of hydrogen-bond acceptors (Lipinski definition) is 8. The maximum absolute atomic E-state index is 12.6. The van der Waals surface area contributed by atoms with Gasteiger partial charge in [0.1, 0.15) is 0 Å². The standard InChI is InChI=1S/C31H37N3O6S/c35-20-22-13-15-23(16-14-22)27-19-26(21-41-30-12-5-6-17-32-30)39-31(40-27)24-8-7-9-25(18-24)33-28(36)10-3-1-2-4-11-29(37)34-38/h5-9,12-18,26-27,31,35,38H,1-4,10-11,19-21H2,(H,33,36)(H,34,37)/t26-,27+,31+/m0/s1. The summed E-state index contributed by atoms with van der Waals surface area (Å²) >= 11 is 1.64. The number of thioether (sulfide) groups is 1. The Labute approximate surface area is 244 Å². The van der Waals surface area contributed by atoms with E-state index in [0.717, 1.165) is 34.6 Å². The molecule has 0 saturated carbocycles. The molecule has 4 N–H and O–H groups in total. The Balaban J connectivity index is 1.37. The molecule has 1 fully saturated rings. The van der Waals surface area contributed by atoms with E-state index in [1.165, 1.54) is 0 Å². The maximum Gasteiger partial charge on any atom is 0.243 e. The van der Waals surface area contributed by atoms with Gasteiger partial charge in [0.15, 0.2) is 6.29 Å². The molecule has 1 aromatic heterocycles. The number of aliphatic hydroxyl groups is 1. The number of hydroxylamine groups is 1. The first-order valence-electron chi connectivity index (χ1n) is 13.9. The highest BCUT2D eigenvalue weighted by Crippen LogP contribution is 2.39. The van der Waals surface area contributed by atoms with E-state index in [0.29, 0.717) is 37.1 Å². The van der Waals surface area contributed by atoms with Gasteiger partial charge in [-0.3, -0.25) is 14.8 Å². The number of anilines is 1.